The van der Waals surface area contributed by atoms with Gasteiger partial charge in [-0.15, -0.1) is 12.4 Å². The monoisotopic (exact) mass is 253 g/mol. The van der Waals surface area contributed by atoms with Crippen molar-refractivity contribution in [1.82, 2.24) is 9.91 Å². The van der Waals surface area contributed by atoms with Crippen LogP contribution in [0.1, 0.15) is 11.1 Å². The Labute approximate surface area is 110 Å². The Bertz CT molecular complexity index is 371. The van der Waals surface area contributed by atoms with E-state index in [2.05, 4.69) is 53.2 Å². The second-order valence-electron chi connectivity index (χ2n) is 4.36. The van der Waals surface area contributed by atoms with E-state index >= 15 is 0 Å². The highest BCUT2D eigenvalue weighted by Crippen LogP contribution is 2.05. The Morgan fingerprint density at radius 2 is 1.76 bits per heavy atom. The Hall–Kier alpha value is -1.06. The van der Waals surface area contributed by atoms with Gasteiger partial charge in [0.1, 0.15) is 0 Å². The molecule has 1 aromatic carbocycles. The molecule has 17 heavy (non-hydrogen) atoms. The molecule has 0 N–H and O–H groups in total. The van der Waals surface area contributed by atoms with E-state index in [-0.39, 0.29) is 12.4 Å². The summed E-state index contributed by atoms with van der Waals surface area (Å²) >= 11 is 0. The quantitative estimate of drug-likeness (QED) is 0.751. The third-order valence-corrected chi connectivity index (χ3v) is 3.03. The molecule has 0 saturated carbocycles. The molecule has 0 aliphatic carbocycles. The summed E-state index contributed by atoms with van der Waals surface area (Å²) in [7, 11) is 2.16. The molecule has 4 heteroatoms. The fraction of sp³-hybridized carbons (Fsp3) is 0.462. The number of hydrogen-bond acceptors (Lipinski definition) is 3. The van der Waals surface area contributed by atoms with Gasteiger partial charge in [0.25, 0.3) is 0 Å². The first-order valence-corrected chi connectivity index (χ1v) is 5.79. The van der Waals surface area contributed by atoms with E-state index in [4.69, 9.17) is 0 Å². The molecule has 1 aliphatic heterocycles. The average molecular weight is 254 g/mol. The molecule has 0 amide bonds. The van der Waals surface area contributed by atoms with Crippen molar-refractivity contribution in [3.8, 4) is 0 Å². The largest absolute Gasteiger partial charge is 0.303 e. The lowest BCUT2D eigenvalue weighted by Crippen LogP contribution is -2.41. The van der Waals surface area contributed by atoms with Crippen LogP contribution >= 0.6 is 12.4 Å². The van der Waals surface area contributed by atoms with Crippen molar-refractivity contribution in [1.29, 1.82) is 0 Å². The zero-order chi connectivity index (χ0) is 11.4. The van der Waals surface area contributed by atoms with Gasteiger partial charge >= 0.3 is 0 Å². The third kappa shape index (κ3) is 4.02. The standard InChI is InChI=1S/C13H19N3.ClH/c1-12-5-3-4-6-13(12)11-14-16-9-7-15(2)8-10-16;/h3-6,11H,7-10H2,1-2H3;1H/b14-11+;. The highest BCUT2D eigenvalue weighted by Gasteiger charge is 2.10. The summed E-state index contributed by atoms with van der Waals surface area (Å²) in [5, 5.41) is 6.68. The maximum Gasteiger partial charge on any atom is 0.0545 e. The first-order chi connectivity index (χ1) is 7.75. The zero-order valence-corrected chi connectivity index (χ0v) is 11.3. The molecule has 1 fully saturated rings. The average Bonchev–Trinajstić information content (AvgIpc) is 2.30. The number of piperazine rings is 1. The van der Waals surface area contributed by atoms with Crippen molar-refractivity contribution in [2.75, 3.05) is 33.2 Å². The Morgan fingerprint density at radius 3 is 2.41 bits per heavy atom. The minimum atomic E-state index is 0. The summed E-state index contributed by atoms with van der Waals surface area (Å²) < 4.78 is 0. The maximum atomic E-state index is 4.53. The van der Waals surface area contributed by atoms with E-state index in [1.54, 1.807) is 0 Å². The number of rotatable bonds is 2. The van der Waals surface area contributed by atoms with Crippen LogP contribution in [-0.2, 0) is 0 Å². The van der Waals surface area contributed by atoms with Crippen LogP contribution in [0.3, 0.4) is 0 Å². The number of likely N-dealkylation sites (N-methyl/N-ethyl adjacent to an activating group) is 1. The number of hydrogen-bond donors (Lipinski definition) is 0. The highest BCUT2D eigenvalue weighted by atomic mass is 35.5. The van der Waals surface area contributed by atoms with Gasteiger partial charge in [-0.05, 0) is 25.1 Å². The van der Waals surface area contributed by atoms with Crippen LogP contribution in [0.25, 0.3) is 0 Å². The van der Waals surface area contributed by atoms with Crippen molar-refractivity contribution in [2.45, 2.75) is 6.92 Å². The molecule has 0 aromatic heterocycles. The van der Waals surface area contributed by atoms with Crippen LogP contribution in [0.15, 0.2) is 29.4 Å². The zero-order valence-electron chi connectivity index (χ0n) is 10.5. The van der Waals surface area contributed by atoms with Crippen LogP contribution in [0, 0.1) is 6.92 Å². The Kier molecular flexibility index (Phi) is 5.45. The second-order valence-corrected chi connectivity index (χ2v) is 4.36. The van der Waals surface area contributed by atoms with Crippen molar-refractivity contribution in [3.63, 3.8) is 0 Å². The molecule has 1 aliphatic rings. The van der Waals surface area contributed by atoms with E-state index in [0.717, 1.165) is 26.2 Å². The number of aryl methyl sites for hydroxylation is 1. The number of hydrazone groups is 1. The van der Waals surface area contributed by atoms with E-state index in [1.807, 2.05) is 6.21 Å². The summed E-state index contributed by atoms with van der Waals surface area (Å²) in [5.74, 6) is 0. The molecule has 0 bridgehead atoms. The van der Waals surface area contributed by atoms with Gasteiger partial charge in [0.15, 0.2) is 0 Å². The molecule has 2 rings (SSSR count). The van der Waals surface area contributed by atoms with Crippen LogP contribution in [0.2, 0.25) is 0 Å². The summed E-state index contributed by atoms with van der Waals surface area (Å²) in [4.78, 5) is 2.33. The number of nitrogens with zero attached hydrogens (tertiary/aromatic N) is 3. The van der Waals surface area contributed by atoms with Gasteiger partial charge in [0, 0.05) is 26.2 Å². The first kappa shape index (κ1) is 14.0. The molecule has 94 valence electrons. The van der Waals surface area contributed by atoms with Crippen molar-refractivity contribution < 1.29 is 0 Å². The van der Waals surface area contributed by atoms with Gasteiger partial charge < -0.3 is 4.90 Å². The summed E-state index contributed by atoms with van der Waals surface area (Å²) in [5.41, 5.74) is 2.49. The molecular weight excluding hydrogens is 234 g/mol. The molecule has 1 aromatic rings. The maximum absolute atomic E-state index is 4.53. The minimum Gasteiger partial charge on any atom is -0.303 e. The lowest BCUT2D eigenvalue weighted by Gasteiger charge is -2.30. The number of benzene rings is 1. The lowest BCUT2D eigenvalue weighted by molar-refractivity contribution is 0.159. The predicted octanol–water partition coefficient (Wildman–Crippen LogP) is 2.00. The summed E-state index contributed by atoms with van der Waals surface area (Å²) in [6.45, 7) is 6.37. The van der Waals surface area contributed by atoms with Crippen molar-refractivity contribution in [2.24, 2.45) is 5.10 Å². The molecule has 0 unspecified atom stereocenters. The van der Waals surface area contributed by atoms with E-state index in [1.165, 1.54) is 11.1 Å². The molecule has 0 radical (unpaired) electrons. The molecule has 3 nitrogen and oxygen atoms in total. The molecule has 1 saturated heterocycles. The third-order valence-electron chi connectivity index (χ3n) is 3.03. The van der Waals surface area contributed by atoms with Gasteiger partial charge in [0.05, 0.1) is 6.21 Å². The fourth-order valence-electron chi connectivity index (χ4n) is 1.79. The van der Waals surface area contributed by atoms with Crippen molar-refractivity contribution >= 4 is 18.6 Å². The van der Waals surface area contributed by atoms with Gasteiger partial charge in [-0.25, -0.2) is 0 Å². The minimum absolute atomic E-state index is 0. The highest BCUT2D eigenvalue weighted by molar-refractivity contribution is 5.85. The summed E-state index contributed by atoms with van der Waals surface area (Å²) in [6.07, 6.45) is 1.97. The number of halogens is 1. The van der Waals surface area contributed by atoms with E-state index < -0.39 is 0 Å². The fourth-order valence-corrected chi connectivity index (χ4v) is 1.79. The van der Waals surface area contributed by atoms with Crippen molar-refractivity contribution in [3.05, 3.63) is 35.4 Å². The Morgan fingerprint density at radius 1 is 1.12 bits per heavy atom. The Balaban J connectivity index is 0.00000144. The van der Waals surface area contributed by atoms with Gasteiger partial charge in [-0.1, -0.05) is 24.3 Å². The SMILES string of the molecule is Cc1ccccc1/C=N/N1CCN(C)CC1.Cl. The van der Waals surface area contributed by atoms with Gasteiger partial charge in [0.2, 0.25) is 0 Å². The lowest BCUT2D eigenvalue weighted by atomic mass is 10.1. The predicted molar refractivity (Wildman–Crippen MR) is 75.1 cm³/mol. The van der Waals surface area contributed by atoms with E-state index in [0.29, 0.717) is 0 Å². The van der Waals surface area contributed by atoms with Crippen LogP contribution in [0.4, 0.5) is 0 Å². The molecule has 1 heterocycles. The molecule has 0 atom stereocenters. The molecule has 0 spiro atoms. The smallest absolute Gasteiger partial charge is 0.0545 e. The van der Waals surface area contributed by atoms with E-state index in [9.17, 15) is 0 Å². The van der Waals surface area contributed by atoms with Crippen LogP contribution < -0.4 is 0 Å². The van der Waals surface area contributed by atoms with Crippen LogP contribution in [-0.4, -0.2) is 49.4 Å². The molecular formula is C13H20ClN3. The second kappa shape index (κ2) is 6.62. The first-order valence-electron chi connectivity index (χ1n) is 5.79. The van der Waals surface area contributed by atoms with Crippen LogP contribution in [0.5, 0.6) is 0 Å². The topological polar surface area (TPSA) is 18.8 Å². The van der Waals surface area contributed by atoms with Gasteiger partial charge in [-0.2, -0.15) is 5.10 Å². The van der Waals surface area contributed by atoms with Gasteiger partial charge in [-0.3, -0.25) is 5.01 Å². The summed E-state index contributed by atoms with van der Waals surface area (Å²) in [6, 6.07) is 8.33. The normalized spacial score (nSPS) is 17.2.